The van der Waals surface area contributed by atoms with E-state index >= 15 is 0 Å². The van der Waals surface area contributed by atoms with Crippen LogP contribution in [0.15, 0.2) is 54.6 Å². The lowest BCUT2D eigenvalue weighted by molar-refractivity contribution is -0.119. The number of carbonyl (C=O) groups is 2. The number of carbonyl (C=O) groups excluding carboxylic acids is 2. The smallest absolute Gasteiger partial charge is 0.251 e. The fourth-order valence-electron chi connectivity index (χ4n) is 2.61. The van der Waals surface area contributed by atoms with Gasteiger partial charge < -0.3 is 10.6 Å². The van der Waals surface area contributed by atoms with E-state index in [0.29, 0.717) is 5.56 Å². The zero-order valence-corrected chi connectivity index (χ0v) is 15.1. The molecule has 0 bridgehead atoms. The Balaban J connectivity index is 2.13. The van der Waals surface area contributed by atoms with E-state index < -0.39 is 6.04 Å². The number of rotatable bonds is 7. The molecule has 0 unspecified atom stereocenters. The molecule has 0 fully saturated rings. The summed E-state index contributed by atoms with van der Waals surface area (Å²) in [5, 5.41) is 5.82. The van der Waals surface area contributed by atoms with Gasteiger partial charge in [0.2, 0.25) is 5.91 Å². The van der Waals surface area contributed by atoms with Crippen molar-refractivity contribution in [1.82, 2.24) is 5.32 Å². The summed E-state index contributed by atoms with van der Waals surface area (Å²) in [5.41, 5.74) is 2.47. The van der Waals surface area contributed by atoms with Crippen LogP contribution in [0.1, 0.15) is 43.1 Å². The minimum absolute atomic E-state index is 0.0296. The molecule has 2 rings (SSSR count). The van der Waals surface area contributed by atoms with Crippen LogP contribution in [0.5, 0.6) is 0 Å². The molecular weight excluding hydrogens is 312 g/mol. The van der Waals surface area contributed by atoms with Gasteiger partial charge in [-0.2, -0.15) is 0 Å². The molecule has 2 amide bonds. The molecule has 0 aliphatic rings. The highest BCUT2D eigenvalue weighted by Crippen LogP contribution is 2.15. The highest BCUT2D eigenvalue weighted by molar-refractivity contribution is 6.01. The van der Waals surface area contributed by atoms with Gasteiger partial charge in [-0.05, 0) is 42.2 Å². The van der Waals surface area contributed by atoms with E-state index in [1.165, 1.54) is 0 Å². The van der Waals surface area contributed by atoms with E-state index in [9.17, 15) is 9.59 Å². The van der Waals surface area contributed by atoms with Gasteiger partial charge in [0.15, 0.2) is 0 Å². The third kappa shape index (κ3) is 5.18. The number of hydrogen-bond donors (Lipinski definition) is 2. The maximum Gasteiger partial charge on any atom is 0.251 e. The topological polar surface area (TPSA) is 58.2 Å². The number of benzene rings is 2. The largest absolute Gasteiger partial charge is 0.340 e. The van der Waals surface area contributed by atoms with Crippen molar-refractivity contribution in [3.8, 4) is 0 Å². The molecule has 2 aromatic rings. The Morgan fingerprint density at radius 3 is 2.36 bits per heavy atom. The van der Waals surface area contributed by atoms with Gasteiger partial charge in [-0.15, -0.1) is 0 Å². The molecule has 4 nitrogen and oxygen atoms in total. The zero-order chi connectivity index (χ0) is 18.2. The van der Waals surface area contributed by atoms with Crippen molar-refractivity contribution in [2.45, 2.75) is 39.7 Å². The van der Waals surface area contributed by atoms with Crippen molar-refractivity contribution in [1.29, 1.82) is 0 Å². The normalized spacial score (nSPS) is 12.9. The highest BCUT2D eigenvalue weighted by Gasteiger charge is 2.26. The first-order valence-corrected chi connectivity index (χ1v) is 8.80. The van der Waals surface area contributed by atoms with E-state index in [1.54, 1.807) is 12.1 Å². The predicted molar refractivity (Wildman–Crippen MR) is 102 cm³/mol. The molecule has 132 valence electrons. The second kappa shape index (κ2) is 9.02. The summed E-state index contributed by atoms with van der Waals surface area (Å²) in [4.78, 5) is 25.2. The molecule has 2 aromatic carbocycles. The third-order valence-electron chi connectivity index (χ3n) is 4.42. The van der Waals surface area contributed by atoms with Gasteiger partial charge in [0, 0.05) is 11.3 Å². The number of anilines is 1. The van der Waals surface area contributed by atoms with Crippen molar-refractivity contribution in [2.75, 3.05) is 5.32 Å². The Kier molecular flexibility index (Phi) is 6.75. The van der Waals surface area contributed by atoms with Crippen molar-refractivity contribution in [3.05, 3.63) is 65.7 Å². The number of aryl methyl sites for hydroxylation is 1. The maximum absolute atomic E-state index is 12.8. The molecule has 0 saturated carbocycles. The molecule has 2 N–H and O–H groups in total. The van der Waals surface area contributed by atoms with Crippen LogP contribution in [0, 0.1) is 5.92 Å². The minimum Gasteiger partial charge on any atom is -0.340 e. The molecule has 25 heavy (non-hydrogen) atoms. The first kappa shape index (κ1) is 18.7. The van der Waals surface area contributed by atoms with Crippen molar-refractivity contribution in [3.63, 3.8) is 0 Å². The van der Waals surface area contributed by atoms with Gasteiger partial charge in [0.05, 0.1) is 0 Å². The first-order chi connectivity index (χ1) is 12.0. The molecule has 0 aromatic heterocycles. The molecule has 0 aliphatic carbocycles. The van der Waals surface area contributed by atoms with Crippen LogP contribution in [-0.4, -0.2) is 17.9 Å². The van der Waals surface area contributed by atoms with Crippen LogP contribution < -0.4 is 10.6 Å². The van der Waals surface area contributed by atoms with E-state index in [0.717, 1.165) is 24.1 Å². The lowest BCUT2D eigenvalue weighted by Gasteiger charge is -2.23. The summed E-state index contributed by atoms with van der Waals surface area (Å²) in [6.07, 6.45) is 1.70. The molecule has 0 radical (unpaired) electrons. The Labute approximate surface area is 149 Å². The number of hydrogen-bond acceptors (Lipinski definition) is 2. The van der Waals surface area contributed by atoms with Crippen molar-refractivity contribution >= 4 is 17.5 Å². The van der Waals surface area contributed by atoms with Crippen LogP contribution >= 0.6 is 0 Å². The van der Waals surface area contributed by atoms with Crippen LogP contribution in [0.4, 0.5) is 5.69 Å². The summed E-state index contributed by atoms with van der Waals surface area (Å²) in [7, 11) is 0. The van der Waals surface area contributed by atoms with Gasteiger partial charge >= 0.3 is 0 Å². The van der Waals surface area contributed by atoms with Crippen molar-refractivity contribution < 1.29 is 9.59 Å². The van der Waals surface area contributed by atoms with E-state index in [4.69, 9.17) is 0 Å². The second-order valence-corrected chi connectivity index (χ2v) is 6.25. The number of amides is 2. The molecule has 0 heterocycles. The molecule has 4 heteroatoms. The van der Waals surface area contributed by atoms with E-state index in [1.807, 2.05) is 56.3 Å². The van der Waals surface area contributed by atoms with Crippen LogP contribution in [0.2, 0.25) is 0 Å². The quantitative estimate of drug-likeness (QED) is 0.801. The van der Waals surface area contributed by atoms with Crippen LogP contribution in [0.25, 0.3) is 0 Å². The van der Waals surface area contributed by atoms with Crippen LogP contribution in [-0.2, 0) is 11.2 Å². The Morgan fingerprint density at radius 2 is 1.72 bits per heavy atom. The molecule has 0 aliphatic heterocycles. The van der Waals surface area contributed by atoms with Gasteiger partial charge in [-0.3, -0.25) is 9.59 Å². The lowest BCUT2D eigenvalue weighted by atomic mass is 9.97. The highest BCUT2D eigenvalue weighted by atomic mass is 16.2. The average Bonchev–Trinajstić information content (AvgIpc) is 2.66. The maximum atomic E-state index is 12.8. The SMILES string of the molecule is CCc1cccc(NC(=O)[C@@H](NC(=O)c2ccccc2)[C@@H](C)CC)c1. The Hall–Kier alpha value is -2.62. The van der Waals surface area contributed by atoms with E-state index in [2.05, 4.69) is 17.6 Å². The fourth-order valence-corrected chi connectivity index (χ4v) is 2.61. The Bertz CT molecular complexity index is 713. The minimum atomic E-state index is -0.581. The van der Waals surface area contributed by atoms with Gasteiger partial charge in [0.1, 0.15) is 6.04 Å². The average molecular weight is 338 g/mol. The monoisotopic (exact) mass is 338 g/mol. The molecule has 2 atom stereocenters. The third-order valence-corrected chi connectivity index (χ3v) is 4.42. The second-order valence-electron chi connectivity index (χ2n) is 6.25. The summed E-state index contributed by atoms with van der Waals surface area (Å²) in [6.45, 7) is 6.05. The van der Waals surface area contributed by atoms with Crippen molar-refractivity contribution in [2.24, 2.45) is 5.92 Å². The Morgan fingerprint density at radius 1 is 1.00 bits per heavy atom. The summed E-state index contributed by atoms with van der Waals surface area (Å²) in [6, 6.07) is 16.2. The standard InChI is InChI=1S/C21H26N2O2/c1-4-15(3)19(23-20(24)17-11-7-6-8-12-17)21(25)22-18-13-9-10-16(5-2)14-18/h6-15,19H,4-5H2,1-3H3,(H,22,25)(H,23,24)/t15-,19-/m0/s1. The van der Waals surface area contributed by atoms with Crippen LogP contribution in [0.3, 0.4) is 0 Å². The predicted octanol–water partition coefficient (Wildman–Crippen LogP) is 4.03. The first-order valence-electron chi connectivity index (χ1n) is 8.80. The van der Waals surface area contributed by atoms with Gasteiger partial charge in [0.25, 0.3) is 5.91 Å². The van der Waals surface area contributed by atoms with Gasteiger partial charge in [-0.25, -0.2) is 0 Å². The summed E-state index contributed by atoms with van der Waals surface area (Å²) in [5.74, 6) is -0.391. The molecule has 0 saturated heterocycles. The zero-order valence-electron chi connectivity index (χ0n) is 15.1. The lowest BCUT2D eigenvalue weighted by Crippen LogP contribution is -2.47. The fraction of sp³-hybridized carbons (Fsp3) is 0.333. The van der Waals surface area contributed by atoms with Gasteiger partial charge in [-0.1, -0.05) is 57.5 Å². The molecule has 0 spiro atoms. The summed E-state index contributed by atoms with van der Waals surface area (Å²) < 4.78 is 0. The summed E-state index contributed by atoms with van der Waals surface area (Å²) >= 11 is 0. The number of nitrogens with one attached hydrogen (secondary N) is 2. The molecular formula is C21H26N2O2. The van der Waals surface area contributed by atoms with E-state index in [-0.39, 0.29) is 17.7 Å².